The highest BCUT2D eigenvalue weighted by Crippen LogP contribution is 2.57. The zero-order valence-electron chi connectivity index (χ0n) is 72.0. The predicted molar refractivity (Wildman–Crippen MR) is 562 cm³/mol. The SMILES string of the molecule is C.COc1cccc(OC)c1-c1ccccc1P(C1CCCCC1)C1CCCCC1.c1ccc([Si](c2ccccc2)(c2ccc3c4ccccc4c4ccccc4c3c2)c2ccc3c4ccccc4c4ccccc4c3c2)cc1.c1ccc([Si](c2ccccc2)(c2ccc3c4ccccc4c4ccccc4c3c2)c2ccc3c4ccccc4c4ccccc4c3c2)cc1. The molecule has 0 N–H and O–H groups in total. The monoisotopic (exact) mass is 1700 g/mol. The van der Waals surface area contributed by atoms with Gasteiger partial charge < -0.3 is 9.47 Å². The molecule has 0 aromatic heterocycles. The Labute approximate surface area is 754 Å². The maximum absolute atomic E-state index is 5.80. The van der Waals surface area contributed by atoms with Gasteiger partial charge in [-0.05, 0) is 231 Å². The number of hydrogen-bond donors (Lipinski definition) is 0. The van der Waals surface area contributed by atoms with Crippen LogP contribution in [0, 0.1) is 0 Å². The lowest BCUT2D eigenvalue weighted by Gasteiger charge is -2.39. The maximum Gasteiger partial charge on any atom is 0.179 e. The zero-order chi connectivity index (χ0) is 84.8. The van der Waals surface area contributed by atoms with E-state index in [0.29, 0.717) is 0 Å². The molecule has 24 rings (SSSR count). The average molecular weight is 1700 g/mol. The Bertz CT molecular complexity index is 6920. The molecule has 0 spiro atoms. The van der Waals surface area contributed by atoms with Crippen molar-refractivity contribution < 1.29 is 9.47 Å². The van der Waals surface area contributed by atoms with E-state index >= 15 is 0 Å². The van der Waals surface area contributed by atoms with E-state index in [1.807, 2.05) is 6.07 Å². The minimum atomic E-state index is -2.84. The van der Waals surface area contributed by atoms with Crippen molar-refractivity contribution >= 4 is 200 Å². The van der Waals surface area contributed by atoms with Crippen molar-refractivity contribution in [3.05, 3.63) is 431 Å². The standard InChI is InChI=1S/2C48H32Si.C26H35O2P.CH4/c2*1-3-15-33(16-4-1)49(34-17-5-2-6-18-34,35-27-29-45-41-23-9-7-19-37(41)39-21-11-13-25-43(39)47(45)31-35)36-28-30-46-42-24-10-8-20-38(42)40-22-12-14-26-44(40)48(46)32-36;1-27-23-17-11-18-24(28-2)26(23)22-16-9-10-19-25(22)29(20-12-5-3-6-13-20)21-14-7-4-8-15-21;/h2*1-32H;9-11,16-21H,3-8,12-15H2,1-2H3;1H4. The molecule has 2 aliphatic rings. The Hall–Kier alpha value is -13.6. The van der Waals surface area contributed by atoms with Gasteiger partial charge in [0.05, 0.1) is 19.8 Å². The van der Waals surface area contributed by atoms with Gasteiger partial charge in [0.1, 0.15) is 11.5 Å². The first kappa shape index (κ1) is 81.5. The van der Waals surface area contributed by atoms with Crippen molar-refractivity contribution in [2.75, 3.05) is 14.2 Å². The molecular formula is C123H103O2PSi2. The highest BCUT2D eigenvalue weighted by Gasteiger charge is 2.44. The Morgan fingerprint density at radius 3 is 0.633 bits per heavy atom. The lowest BCUT2D eigenvalue weighted by molar-refractivity contribution is 0.397. The van der Waals surface area contributed by atoms with Crippen LogP contribution in [0.15, 0.2) is 431 Å². The van der Waals surface area contributed by atoms with E-state index in [1.165, 1.54) is 241 Å². The Balaban J connectivity index is 0.000000121. The summed E-state index contributed by atoms with van der Waals surface area (Å²) in [6, 6.07) is 161. The quantitative estimate of drug-likeness (QED) is 0.0468. The summed E-state index contributed by atoms with van der Waals surface area (Å²) in [6.45, 7) is 0. The fraction of sp³-hybridized carbons (Fsp3) is 0.122. The Kier molecular flexibility index (Phi) is 22.5. The number of methoxy groups -OCH3 is 2. The van der Waals surface area contributed by atoms with Crippen LogP contribution in [0.3, 0.4) is 0 Å². The van der Waals surface area contributed by atoms with Gasteiger partial charge in [0.15, 0.2) is 16.1 Å². The molecule has 0 bridgehead atoms. The van der Waals surface area contributed by atoms with E-state index in [1.54, 1.807) is 19.5 Å². The third-order valence-corrected chi connectivity index (χ3v) is 41.4. The van der Waals surface area contributed by atoms with Gasteiger partial charge in [-0.25, -0.2) is 0 Å². The van der Waals surface area contributed by atoms with E-state index in [-0.39, 0.29) is 15.3 Å². The number of rotatable bonds is 14. The normalized spacial score (nSPS) is 13.5. The largest absolute Gasteiger partial charge is 0.496 e. The van der Waals surface area contributed by atoms with Crippen LogP contribution in [0.5, 0.6) is 11.5 Å². The van der Waals surface area contributed by atoms with E-state index < -0.39 is 16.1 Å². The van der Waals surface area contributed by atoms with Gasteiger partial charge in [0.2, 0.25) is 0 Å². The molecule has 128 heavy (non-hydrogen) atoms. The Morgan fingerprint density at radius 1 is 0.195 bits per heavy atom. The molecule has 22 aromatic rings. The van der Waals surface area contributed by atoms with E-state index in [4.69, 9.17) is 9.47 Å². The molecule has 0 saturated heterocycles. The number of benzene rings is 22. The van der Waals surface area contributed by atoms with Crippen molar-refractivity contribution in [1.82, 2.24) is 0 Å². The molecular weight excluding hydrogens is 1600 g/mol. The summed E-state index contributed by atoms with van der Waals surface area (Å²) in [5.74, 6) is 1.83. The molecule has 0 unspecified atom stereocenters. The van der Waals surface area contributed by atoms with Crippen LogP contribution in [-0.4, -0.2) is 41.7 Å². The van der Waals surface area contributed by atoms with Gasteiger partial charge in [-0.15, -0.1) is 0 Å². The van der Waals surface area contributed by atoms with Crippen LogP contribution in [0.25, 0.3) is 140 Å². The van der Waals surface area contributed by atoms with Gasteiger partial charge in [-0.2, -0.15) is 0 Å². The summed E-state index contributed by atoms with van der Waals surface area (Å²) in [5, 5.41) is 44.0. The highest BCUT2D eigenvalue weighted by atomic mass is 31.1. The second-order valence-corrected chi connectivity index (χ2v) is 45.3. The second kappa shape index (κ2) is 35.3. The molecule has 0 aliphatic heterocycles. The molecule has 0 amide bonds. The molecule has 22 aromatic carbocycles. The van der Waals surface area contributed by atoms with Crippen molar-refractivity contribution in [2.24, 2.45) is 0 Å². The van der Waals surface area contributed by atoms with Crippen molar-refractivity contribution in [2.45, 2.75) is 83.0 Å². The van der Waals surface area contributed by atoms with Crippen molar-refractivity contribution in [3.63, 3.8) is 0 Å². The van der Waals surface area contributed by atoms with E-state index in [2.05, 4.69) is 425 Å². The first-order valence-electron chi connectivity index (χ1n) is 45.6. The van der Waals surface area contributed by atoms with Crippen LogP contribution >= 0.6 is 7.92 Å². The third-order valence-electron chi connectivity index (χ3n) is 28.4. The molecule has 2 nitrogen and oxygen atoms in total. The smallest absolute Gasteiger partial charge is 0.179 e. The molecule has 2 saturated carbocycles. The average Bonchev–Trinajstić information content (AvgIpc) is 0.711. The summed E-state index contributed by atoms with van der Waals surface area (Å²) in [6.07, 6.45) is 14.2. The first-order chi connectivity index (χ1) is 63.0. The van der Waals surface area contributed by atoms with Crippen LogP contribution < -0.4 is 56.3 Å². The molecule has 620 valence electrons. The molecule has 0 heterocycles. The highest BCUT2D eigenvalue weighted by molar-refractivity contribution is 7.67. The minimum absolute atomic E-state index is 0. The lowest BCUT2D eigenvalue weighted by atomic mass is 9.94. The summed E-state index contributed by atoms with van der Waals surface area (Å²) in [7, 11) is -2.33. The fourth-order valence-corrected chi connectivity index (χ4v) is 36.2. The van der Waals surface area contributed by atoms with Crippen molar-refractivity contribution in [1.29, 1.82) is 0 Å². The third kappa shape index (κ3) is 14.0. The lowest BCUT2D eigenvalue weighted by Crippen LogP contribution is -2.74. The van der Waals surface area contributed by atoms with Gasteiger partial charge >= 0.3 is 0 Å². The molecule has 2 aliphatic carbocycles. The summed E-state index contributed by atoms with van der Waals surface area (Å²) in [5.41, 5.74) is 4.23. The van der Waals surface area contributed by atoms with Gasteiger partial charge in [-0.1, -0.05) is 472 Å². The first-order valence-corrected chi connectivity index (χ1v) is 51.1. The molecule has 0 atom stereocenters. The van der Waals surface area contributed by atoms with Crippen LogP contribution in [0.1, 0.15) is 71.6 Å². The van der Waals surface area contributed by atoms with E-state index in [0.717, 1.165) is 28.4 Å². The van der Waals surface area contributed by atoms with Crippen LogP contribution in [0.4, 0.5) is 0 Å². The summed E-state index contributed by atoms with van der Waals surface area (Å²) < 4.78 is 11.6. The van der Waals surface area contributed by atoms with Gasteiger partial charge in [0.25, 0.3) is 0 Å². The van der Waals surface area contributed by atoms with Crippen molar-refractivity contribution in [3.8, 4) is 22.6 Å². The second-order valence-electron chi connectivity index (χ2n) is 34.9. The zero-order valence-corrected chi connectivity index (χ0v) is 74.9. The van der Waals surface area contributed by atoms with Crippen LogP contribution in [-0.2, 0) is 0 Å². The van der Waals surface area contributed by atoms with Gasteiger partial charge in [0, 0.05) is 0 Å². The molecule has 5 heteroatoms. The summed E-state index contributed by atoms with van der Waals surface area (Å²) >= 11 is 0. The van der Waals surface area contributed by atoms with E-state index in [9.17, 15) is 0 Å². The minimum Gasteiger partial charge on any atom is -0.496 e. The fourth-order valence-electron chi connectivity index (χ4n) is 22.8. The maximum atomic E-state index is 5.80. The number of ether oxygens (including phenoxy) is 2. The number of hydrogen-bond acceptors (Lipinski definition) is 2. The number of fused-ring (bicyclic) bond motifs is 24. The topological polar surface area (TPSA) is 18.5 Å². The predicted octanol–water partition coefficient (Wildman–Crippen LogP) is 27.7. The molecule has 0 radical (unpaired) electrons. The summed E-state index contributed by atoms with van der Waals surface area (Å²) in [4.78, 5) is 0. The van der Waals surface area contributed by atoms with Crippen LogP contribution in [0.2, 0.25) is 0 Å². The Morgan fingerprint density at radius 2 is 0.398 bits per heavy atom. The molecule has 2 fully saturated rings. The van der Waals surface area contributed by atoms with Gasteiger partial charge in [-0.3, -0.25) is 0 Å².